The van der Waals surface area contributed by atoms with Crippen LogP contribution in [0.15, 0.2) is 72.2 Å². The lowest BCUT2D eigenvalue weighted by atomic mass is 10.1. The fourth-order valence-corrected chi connectivity index (χ4v) is 3.95. The minimum Gasteiger partial charge on any atom is -0.354 e. The monoisotopic (exact) mass is 414 g/mol. The predicted molar refractivity (Wildman–Crippen MR) is 133 cm³/mol. The molecule has 0 radical (unpaired) electrons. The molecule has 30 heavy (non-hydrogen) atoms. The van der Waals surface area contributed by atoms with Crippen LogP contribution in [0.5, 0.6) is 0 Å². The van der Waals surface area contributed by atoms with E-state index in [1.165, 1.54) is 10.9 Å². The molecule has 0 saturated carbocycles. The maximum Gasteiger partial charge on any atom is 0.0970 e. The number of allylic oxidation sites excluding steroid dienone is 8. The Balaban J connectivity index is 1.75. The van der Waals surface area contributed by atoms with Gasteiger partial charge in [0.05, 0.1) is 10.7 Å². The first kappa shape index (κ1) is 21.8. The van der Waals surface area contributed by atoms with Crippen molar-refractivity contribution >= 4 is 34.9 Å². The van der Waals surface area contributed by atoms with Gasteiger partial charge in [-0.1, -0.05) is 68.2 Å². The van der Waals surface area contributed by atoms with Crippen LogP contribution in [-0.4, -0.2) is 9.97 Å². The largest absolute Gasteiger partial charge is 0.354 e. The second-order valence-corrected chi connectivity index (χ2v) is 8.11. The summed E-state index contributed by atoms with van der Waals surface area (Å²) in [4.78, 5) is 8.24. The number of fused-ring (bicyclic) bond motifs is 1. The third kappa shape index (κ3) is 6.04. The van der Waals surface area contributed by atoms with Crippen molar-refractivity contribution in [1.82, 2.24) is 9.97 Å². The summed E-state index contributed by atoms with van der Waals surface area (Å²) in [7, 11) is 0. The molecule has 0 aliphatic carbocycles. The van der Waals surface area contributed by atoms with E-state index in [-0.39, 0.29) is 0 Å². The summed E-state index contributed by atoms with van der Waals surface area (Å²) in [6.07, 6.45) is 23.0. The minimum absolute atomic E-state index is 0.863. The van der Waals surface area contributed by atoms with Gasteiger partial charge in [0.25, 0.3) is 0 Å². The number of rotatable bonds is 9. The van der Waals surface area contributed by atoms with E-state index in [9.17, 15) is 0 Å². The van der Waals surface area contributed by atoms with Crippen LogP contribution in [0.4, 0.5) is 0 Å². The number of aromatic amines is 1. The maximum absolute atomic E-state index is 4.74. The molecule has 1 aromatic carbocycles. The number of nitrogens with one attached hydrogen (secondary N) is 1. The van der Waals surface area contributed by atoms with Gasteiger partial charge in [-0.3, -0.25) is 0 Å². The van der Waals surface area contributed by atoms with Gasteiger partial charge in [0.1, 0.15) is 0 Å². The molecule has 2 nitrogen and oxygen atoms in total. The third-order valence-electron chi connectivity index (χ3n) is 4.82. The van der Waals surface area contributed by atoms with Gasteiger partial charge < -0.3 is 4.98 Å². The standard InChI is InChI=1S/C27H30N2S/c1-4-6-8-10-12-14-22-16-17-25-24(18-22)21(3)26(29-25)19-23-20-30-27(28-23)15-13-11-9-7-5-2/h4,6-11,13,16-20,29H,3,5,12,14-15H2,1-2H3/b6-4-,9-7-,10-8-,13-11-,26-19+. The Kier molecular flexibility index (Phi) is 8.22. The van der Waals surface area contributed by atoms with Crippen molar-refractivity contribution in [2.75, 3.05) is 0 Å². The zero-order valence-corrected chi connectivity index (χ0v) is 18.7. The molecule has 0 unspecified atom stereocenters. The van der Waals surface area contributed by atoms with E-state index in [0.29, 0.717) is 0 Å². The quantitative estimate of drug-likeness (QED) is 0.428. The first-order valence-electron chi connectivity index (χ1n) is 10.6. The second-order valence-electron chi connectivity index (χ2n) is 7.17. The molecule has 0 saturated heterocycles. The molecule has 0 fully saturated rings. The highest BCUT2D eigenvalue weighted by Crippen LogP contribution is 2.13. The Hall–Kier alpha value is -2.91. The van der Waals surface area contributed by atoms with Gasteiger partial charge in [-0.25, -0.2) is 4.98 Å². The Morgan fingerprint density at radius 1 is 1.10 bits per heavy atom. The number of hydrogen-bond donors (Lipinski definition) is 1. The third-order valence-corrected chi connectivity index (χ3v) is 5.71. The van der Waals surface area contributed by atoms with E-state index >= 15 is 0 Å². The van der Waals surface area contributed by atoms with Crippen molar-refractivity contribution in [3.05, 3.63) is 99.0 Å². The SMILES string of the molecule is C=c1/c(=C\c2csc(C/C=C\C=C/CC)n2)[nH]c2ccc(CC/C=C\C=C/C)cc12. The number of thiazole rings is 1. The first-order chi connectivity index (χ1) is 14.7. The van der Waals surface area contributed by atoms with Crippen molar-refractivity contribution in [2.24, 2.45) is 0 Å². The lowest BCUT2D eigenvalue weighted by Crippen LogP contribution is -2.21. The molecular formula is C27H30N2S. The molecule has 0 aliphatic heterocycles. The van der Waals surface area contributed by atoms with Crippen LogP contribution in [0.2, 0.25) is 0 Å². The van der Waals surface area contributed by atoms with Gasteiger partial charge in [0, 0.05) is 33.3 Å². The predicted octanol–water partition coefficient (Wildman–Crippen LogP) is 5.99. The molecular weight excluding hydrogens is 384 g/mol. The van der Waals surface area contributed by atoms with E-state index in [4.69, 9.17) is 4.98 Å². The van der Waals surface area contributed by atoms with Crippen molar-refractivity contribution in [3.8, 4) is 0 Å². The lowest BCUT2D eigenvalue weighted by Gasteiger charge is -1.98. The highest BCUT2D eigenvalue weighted by Gasteiger charge is 2.03. The zero-order chi connectivity index (χ0) is 21.2. The molecule has 2 aromatic heterocycles. The summed E-state index contributed by atoms with van der Waals surface area (Å²) < 4.78 is 0. The second kappa shape index (κ2) is 11.3. The number of hydrogen-bond acceptors (Lipinski definition) is 2. The molecule has 1 N–H and O–H groups in total. The van der Waals surface area contributed by atoms with Crippen molar-refractivity contribution in [3.63, 3.8) is 0 Å². The smallest absolute Gasteiger partial charge is 0.0970 e. The van der Waals surface area contributed by atoms with Crippen LogP contribution < -0.4 is 10.6 Å². The van der Waals surface area contributed by atoms with Crippen LogP contribution in [0.3, 0.4) is 0 Å². The molecule has 154 valence electrons. The summed E-state index contributed by atoms with van der Waals surface area (Å²) in [5, 5.41) is 6.50. The molecule has 3 rings (SSSR count). The molecule has 0 bridgehead atoms. The van der Waals surface area contributed by atoms with Crippen LogP contribution in [0.1, 0.15) is 43.0 Å². The molecule has 3 heteroatoms. The molecule has 0 spiro atoms. The average Bonchev–Trinajstić information content (AvgIpc) is 3.32. The topological polar surface area (TPSA) is 28.7 Å². The van der Waals surface area contributed by atoms with Crippen LogP contribution in [0, 0.1) is 0 Å². The molecule has 0 atom stereocenters. The van der Waals surface area contributed by atoms with Crippen molar-refractivity contribution in [2.45, 2.75) is 39.5 Å². The summed E-state index contributed by atoms with van der Waals surface area (Å²) >= 11 is 1.70. The van der Waals surface area contributed by atoms with E-state index < -0.39 is 0 Å². The summed E-state index contributed by atoms with van der Waals surface area (Å²) in [6, 6.07) is 6.62. The molecule has 2 heterocycles. The van der Waals surface area contributed by atoms with E-state index in [1.807, 2.05) is 13.0 Å². The van der Waals surface area contributed by atoms with E-state index in [2.05, 4.69) is 90.7 Å². The molecule has 0 amide bonds. The average molecular weight is 415 g/mol. The number of nitrogens with zero attached hydrogens (tertiary/aromatic N) is 1. The highest BCUT2D eigenvalue weighted by molar-refractivity contribution is 7.09. The highest BCUT2D eigenvalue weighted by atomic mass is 32.1. The van der Waals surface area contributed by atoms with Gasteiger partial charge in [-0.05, 0) is 50.0 Å². The van der Waals surface area contributed by atoms with Gasteiger partial charge in [0.2, 0.25) is 0 Å². The molecule has 0 aliphatic rings. The van der Waals surface area contributed by atoms with Crippen LogP contribution in [0.25, 0.3) is 23.6 Å². The zero-order valence-electron chi connectivity index (χ0n) is 17.9. The van der Waals surface area contributed by atoms with Crippen molar-refractivity contribution in [1.29, 1.82) is 0 Å². The summed E-state index contributed by atoms with van der Waals surface area (Å²) in [5.74, 6) is 0. The van der Waals surface area contributed by atoms with Crippen LogP contribution in [-0.2, 0) is 12.8 Å². The van der Waals surface area contributed by atoms with Crippen LogP contribution >= 0.6 is 11.3 Å². The van der Waals surface area contributed by atoms with E-state index in [1.54, 1.807) is 11.3 Å². The number of aryl methyl sites for hydroxylation is 1. The Morgan fingerprint density at radius 3 is 2.77 bits per heavy atom. The number of H-pyrrole nitrogens is 1. The Morgan fingerprint density at radius 2 is 1.93 bits per heavy atom. The van der Waals surface area contributed by atoms with Gasteiger partial charge in [0.15, 0.2) is 0 Å². The maximum atomic E-state index is 4.74. The van der Waals surface area contributed by atoms with Crippen molar-refractivity contribution < 1.29 is 0 Å². The molecule has 3 aromatic rings. The van der Waals surface area contributed by atoms with E-state index in [0.717, 1.165) is 52.5 Å². The minimum atomic E-state index is 0.863. The summed E-state index contributed by atoms with van der Waals surface area (Å²) in [5.41, 5.74) is 3.45. The van der Waals surface area contributed by atoms with Gasteiger partial charge in [-0.2, -0.15) is 0 Å². The number of benzene rings is 1. The normalized spacial score (nSPS) is 13.3. The van der Waals surface area contributed by atoms with Gasteiger partial charge >= 0.3 is 0 Å². The fraction of sp³-hybridized carbons (Fsp3) is 0.222. The Labute approximate surface area is 183 Å². The first-order valence-corrected chi connectivity index (χ1v) is 11.4. The van der Waals surface area contributed by atoms with Gasteiger partial charge in [-0.15, -0.1) is 11.3 Å². The summed E-state index contributed by atoms with van der Waals surface area (Å²) in [6.45, 7) is 8.49. The fourth-order valence-electron chi connectivity index (χ4n) is 3.23. The Bertz CT molecular complexity index is 1190. The number of aromatic nitrogens is 2. The lowest BCUT2D eigenvalue weighted by molar-refractivity contribution is 1.00.